The van der Waals surface area contributed by atoms with Gasteiger partial charge in [0.1, 0.15) is 0 Å². The van der Waals surface area contributed by atoms with E-state index in [1.165, 1.54) is 45.3 Å². The van der Waals surface area contributed by atoms with Crippen LogP contribution in [0.15, 0.2) is 0 Å². The van der Waals surface area contributed by atoms with Crippen molar-refractivity contribution in [3.8, 4) is 0 Å². The van der Waals surface area contributed by atoms with Crippen molar-refractivity contribution >= 4 is 12.6 Å². The number of hydrogen-bond donors (Lipinski definition) is 1. The molecule has 0 aromatic carbocycles. The van der Waals surface area contributed by atoms with Gasteiger partial charge in [0.15, 0.2) is 0 Å². The Kier molecular flexibility index (Phi) is 6.65. The van der Waals surface area contributed by atoms with E-state index < -0.39 is 0 Å². The van der Waals surface area contributed by atoms with Crippen molar-refractivity contribution in [3.05, 3.63) is 0 Å². The Morgan fingerprint density at radius 1 is 1.29 bits per heavy atom. The largest absolute Gasteiger partial charge is 0.384 e. The van der Waals surface area contributed by atoms with Gasteiger partial charge in [-0.25, -0.2) is 0 Å². The standard InChI is InChI=1S/C11H23NOS/c1-13-10-11-4-7-12(8-5-11)6-2-3-9-14/h11,14H,2-10H2,1H3. The molecule has 0 radical (unpaired) electrons. The summed E-state index contributed by atoms with van der Waals surface area (Å²) in [5.74, 6) is 1.83. The minimum atomic E-state index is 0.807. The van der Waals surface area contributed by atoms with Crippen molar-refractivity contribution in [2.75, 3.05) is 39.1 Å². The van der Waals surface area contributed by atoms with Crippen LogP contribution in [0, 0.1) is 5.92 Å². The number of piperidine rings is 1. The third-order valence-electron chi connectivity index (χ3n) is 2.99. The number of methoxy groups -OCH3 is 1. The molecule has 2 nitrogen and oxygen atoms in total. The number of hydrogen-bond acceptors (Lipinski definition) is 3. The average molecular weight is 217 g/mol. The molecule has 0 aromatic rings. The van der Waals surface area contributed by atoms with Gasteiger partial charge >= 0.3 is 0 Å². The molecule has 1 aliphatic heterocycles. The lowest BCUT2D eigenvalue weighted by atomic mass is 9.98. The first kappa shape index (κ1) is 12.3. The fourth-order valence-electron chi connectivity index (χ4n) is 2.06. The summed E-state index contributed by atoms with van der Waals surface area (Å²) in [5.41, 5.74) is 0. The number of nitrogens with zero attached hydrogens (tertiary/aromatic N) is 1. The Labute approximate surface area is 93.4 Å². The van der Waals surface area contributed by atoms with Gasteiger partial charge in [0.25, 0.3) is 0 Å². The minimum Gasteiger partial charge on any atom is -0.384 e. The van der Waals surface area contributed by atoms with Gasteiger partial charge in [-0.05, 0) is 57.0 Å². The Balaban J connectivity index is 2.03. The normalized spacial score (nSPS) is 20.1. The van der Waals surface area contributed by atoms with Gasteiger partial charge < -0.3 is 9.64 Å². The van der Waals surface area contributed by atoms with Crippen molar-refractivity contribution in [2.45, 2.75) is 25.7 Å². The predicted octanol–water partition coefficient (Wildman–Crippen LogP) is 2.05. The Hall–Kier alpha value is 0.270. The third-order valence-corrected chi connectivity index (χ3v) is 3.31. The highest BCUT2D eigenvalue weighted by Crippen LogP contribution is 2.17. The van der Waals surface area contributed by atoms with Gasteiger partial charge in [0.2, 0.25) is 0 Å². The molecule has 0 aliphatic carbocycles. The highest BCUT2D eigenvalue weighted by atomic mass is 32.1. The van der Waals surface area contributed by atoms with Gasteiger partial charge in [-0.3, -0.25) is 0 Å². The second-order valence-electron chi connectivity index (χ2n) is 4.17. The molecule has 84 valence electrons. The molecule has 3 heteroatoms. The van der Waals surface area contributed by atoms with E-state index in [4.69, 9.17) is 4.74 Å². The van der Waals surface area contributed by atoms with Crippen LogP contribution in [0.25, 0.3) is 0 Å². The molecule has 1 heterocycles. The number of thiol groups is 1. The van der Waals surface area contributed by atoms with Crippen molar-refractivity contribution in [1.29, 1.82) is 0 Å². The lowest BCUT2D eigenvalue weighted by molar-refractivity contribution is 0.0990. The van der Waals surface area contributed by atoms with Crippen molar-refractivity contribution in [1.82, 2.24) is 4.90 Å². The predicted molar refractivity (Wildman–Crippen MR) is 64.1 cm³/mol. The van der Waals surface area contributed by atoms with Crippen molar-refractivity contribution < 1.29 is 4.74 Å². The number of rotatable bonds is 6. The molecule has 0 saturated carbocycles. The summed E-state index contributed by atoms with van der Waals surface area (Å²) in [7, 11) is 1.80. The number of unbranched alkanes of at least 4 members (excludes halogenated alkanes) is 1. The quantitative estimate of drug-likeness (QED) is 0.540. The van der Waals surface area contributed by atoms with Gasteiger partial charge in [-0.2, -0.15) is 12.6 Å². The zero-order chi connectivity index (χ0) is 10.2. The molecule has 0 aromatic heterocycles. The molecule has 0 amide bonds. The highest BCUT2D eigenvalue weighted by Gasteiger charge is 2.18. The van der Waals surface area contributed by atoms with E-state index in [2.05, 4.69) is 17.5 Å². The summed E-state index contributed by atoms with van der Waals surface area (Å²) < 4.78 is 5.19. The number of likely N-dealkylation sites (tertiary alicyclic amines) is 1. The van der Waals surface area contributed by atoms with E-state index in [1.54, 1.807) is 7.11 Å². The van der Waals surface area contributed by atoms with Crippen LogP contribution in [-0.4, -0.2) is 44.0 Å². The maximum absolute atomic E-state index is 5.19. The second kappa shape index (κ2) is 7.55. The van der Waals surface area contributed by atoms with Gasteiger partial charge in [-0.15, -0.1) is 0 Å². The first-order chi connectivity index (χ1) is 6.86. The molecule has 0 atom stereocenters. The molecular weight excluding hydrogens is 194 g/mol. The van der Waals surface area contributed by atoms with Crippen LogP contribution in [0.5, 0.6) is 0 Å². The zero-order valence-corrected chi connectivity index (χ0v) is 10.1. The summed E-state index contributed by atoms with van der Waals surface area (Å²) in [6.07, 6.45) is 5.18. The van der Waals surface area contributed by atoms with E-state index >= 15 is 0 Å². The molecule has 0 spiro atoms. The van der Waals surface area contributed by atoms with Gasteiger partial charge in [0.05, 0.1) is 0 Å². The van der Waals surface area contributed by atoms with Crippen molar-refractivity contribution in [2.24, 2.45) is 5.92 Å². The summed E-state index contributed by atoms with van der Waals surface area (Å²) in [6.45, 7) is 4.74. The Morgan fingerprint density at radius 2 is 2.00 bits per heavy atom. The van der Waals surface area contributed by atoms with Crippen LogP contribution < -0.4 is 0 Å². The lowest BCUT2D eigenvalue weighted by Gasteiger charge is -2.31. The first-order valence-corrected chi connectivity index (χ1v) is 6.32. The minimum absolute atomic E-state index is 0.807. The van der Waals surface area contributed by atoms with Crippen LogP contribution >= 0.6 is 12.6 Å². The third kappa shape index (κ3) is 4.67. The van der Waals surface area contributed by atoms with Crippen LogP contribution in [0.3, 0.4) is 0 Å². The topological polar surface area (TPSA) is 12.5 Å². The molecule has 1 rings (SSSR count). The lowest BCUT2D eigenvalue weighted by Crippen LogP contribution is -2.35. The first-order valence-electron chi connectivity index (χ1n) is 5.69. The van der Waals surface area contributed by atoms with Crippen LogP contribution in [0.1, 0.15) is 25.7 Å². The second-order valence-corrected chi connectivity index (χ2v) is 4.62. The molecule has 0 N–H and O–H groups in total. The summed E-state index contributed by atoms with van der Waals surface area (Å²) in [5, 5.41) is 0. The van der Waals surface area contributed by atoms with Crippen LogP contribution in [0.2, 0.25) is 0 Å². The van der Waals surface area contributed by atoms with Crippen molar-refractivity contribution in [3.63, 3.8) is 0 Å². The maximum Gasteiger partial charge on any atom is 0.0491 e. The molecular formula is C11H23NOS. The summed E-state index contributed by atoms with van der Waals surface area (Å²) in [6, 6.07) is 0. The number of ether oxygens (including phenoxy) is 1. The molecule has 0 unspecified atom stereocenters. The molecule has 0 bridgehead atoms. The van der Waals surface area contributed by atoms with E-state index in [9.17, 15) is 0 Å². The SMILES string of the molecule is COCC1CCN(CCCCS)CC1. The molecule has 1 saturated heterocycles. The summed E-state index contributed by atoms with van der Waals surface area (Å²) >= 11 is 4.23. The van der Waals surface area contributed by atoms with E-state index in [1.807, 2.05) is 0 Å². The average Bonchev–Trinajstić information content (AvgIpc) is 2.21. The smallest absolute Gasteiger partial charge is 0.0491 e. The van der Waals surface area contributed by atoms with Crippen LogP contribution in [0.4, 0.5) is 0 Å². The van der Waals surface area contributed by atoms with E-state index in [-0.39, 0.29) is 0 Å². The van der Waals surface area contributed by atoms with Gasteiger partial charge in [0, 0.05) is 13.7 Å². The Morgan fingerprint density at radius 3 is 2.57 bits per heavy atom. The molecule has 1 aliphatic rings. The highest BCUT2D eigenvalue weighted by molar-refractivity contribution is 7.80. The summed E-state index contributed by atoms with van der Waals surface area (Å²) in [4.78, 5) is 2.58. The molecule has 1 fully saturated rings. The maximum atomic E-state index is 5.19. The Bertz CT molecular complexity index is 135. The molecule has 14 heavy (non-hydrogen) atoms. The fraction of sp³-hybridized carbons (Fsp3) is 1.00. The van der Waals surface area contributed by atoms with E-state index in [0.29, 0.717) is 0 Å². The fourth-order valence-corrected chi connectivity index (χ4v) is 2.28. The van der Waals surface area contributed by atoms with Gasteiger partial charge in [-0.1, -0.05) is 0 Å². The zero-order valence-electron chi connectivity index (χ0n) is 9.24. The van der Waals surface area contributed by atoms with E-state index in [0.717, 1.165) is 18.3 Å². The monoisotopic (exact) mass is 217 g/mol. The van der Waals surface area contributed by atoms with Crippen LogP contribution in [-0.2, 0) is 4.74 Å².